The zero-order valence-corrected chi connectivity index (χ0v) is 14.7. The lowest BCUT2D eigenvalue weighted by Gasteiger charge is -2.08. The maximum atomic E-state index is 11.2. The zero-order valence-electron chi connectivity index (χ0n) is 14.7. The standard InChI is InChI=1S/C21H20O5/c1-12(2)20-13(9-19(26-20)21(22)23)11-24-14-7-8-16-15-5-3-4-6-17(15)25-18(16)10-14/h3,5,7-10,12H,4,6,11H2,1-2H3,(H,22,23). The van der Waals surface area contributed by atoms with Gasteiger partial charge in [-0.05, 0) is 24.6 Å². The molecule has 0 unspecified atom stereocenters. The van der Waals surface area contributed by atoms with Gasteiger partial charge in [-0.3, -0.25) is 0 Å². The van der Waals surface area contributed by atoms with Crippen LogP contribution in [0.5, 0.6) is 5.75 Å². The largest absolute Gasteiger partial charge is 0.489 e. The predicted octanol–water partition coefficient (Wildman–Crippen LogP) is 5.39. The van der Waals surface area contributed by atoms with E-state index in [1.807, 2.05) is 32.0 Å². The van der Waals surface area contributed by atoms with Crippen molar-refractivity contribution in [1.82, 2.24) is 0 Å². The number of carbonyl (C=O) groups is 1. The molecule has 134 valence electrons. The Morgan fingerprint density at radius 2 is 2.12 bits per heavy atom. The first-order valence-electron chi connectivity index (χ1n) is 8.73. The highest BCUT2D eigenvalue weighted by molar-refractivity contribution is 5.90. The monoisotopic (exact) mass is 352 g/mol. The first-order valence-corrected chi connectivity index (χ1v) is 8.73. The van der Waals surface area contributed by atoms with Crippen LogP contribution in [0, 0.1) is 0 Å². The first-order chi connectivity index (χ1) is 12.5. The molecule has 1 aliphatic carbocycles. The van der Waals surface area contributed by atoms with Crippen molar-refractivity contribution in [2.45, 2.75) is 39.2 Å². The van der Waals surface area contributed by atoms with Gasteiger partial charge >= 0.3 is 5.97 Å². The number of fused-ring (bicyclic) bond motifs is 3. The number of hydrogen-bond acceptors (Lipinski definition) is 4. The molecule has 0 spiro atoms. The molecule has 0 fully saturated rings. The topological polar surface area (TPSA) is 72.8 Å². The first kappa shape index (κ1) is 16.5. The van der Waals surface area contributed by atoms with Gasteiger partial charge in [-0.25, -0.2) is 4.79 Å². The molecule has 1 aromatic carbocycles. The van der Waals surface area contributed by atoms with Gasteiger partial charge in [0.2, 0.25) is 5.76 Å². The number of allylic oxidation sites excluding steroid dienone is 1. The molecule has 1 aliphatic rings. The Kier molecular flexibility index (Phi) is 4.07. The van der Waals surface area contributed by atoms with Crippen LogP contribution in [-0.2, 0) is 13.0 Å². The Labute approximate surface area is 150 Å². The summed E-state index contributed by atoms with van der Waals surface area (Å²) in [7, 11) is 0. The minimum absolute atomic E-state index is 0.0618. The van der Waals surface area contributed by atoms with Gasteiger partial charge in [0.05, 0.1) is 0 Å². The average molecular weight is 352 g/mol. The molecule has 26 heavy (non-hydrogen) atoms. The van der Waals surface area contributed by atoms with Crippen molar-refractivity contribution in [3.63, 3.8) is 0 Å². The minimum Gasteiger partial charge on any atom is -0.489 e. The molecule has 0 atom stereocenters. The number of rotatable bonds is 5. The van der Waals surface area contributed by atoms with E-state index in [1.54, 1.807) is 0 Å². The van der Waals surface area contributed by atoms with E-state index in [0.29, 0.717) is 11.5 Å². The van der Waals surface area contributed by atoms with E-state index in [0.717, 1.165) is 40.7 Å². The fraction of sp³-hybridized carbons (Fsp3) is 0.286. The molecule has 1 N–H and O–H groups in total. The quantitative estimate of drug-likeness (QED) is 0.667. The fourth-order valence-electron chi connectivity index (χ4n) is 3.33. The Bertz CT molecular complexity index is 1000. The van der Waals surface area contributed by atoms with Crippen LogP contribution in [0.4, 0.5) is 0 Å². The fourth-order valence-corrected chi connectivity index (χ4v) is 3.33. The molecular formula is C21H20O5. The summed E-state index contributed by atoms with van der Waals surface area (Å²) in [6.45, 7) is 4.16. The Hall–Kier alpha value is -2.95. The van der Waals surface area contributed by atoms with Gasteiger partial charge in [-0.2, -0.15) is 0 Å². The molecule has 2 aromatic heterocycles. The number of aryl methyl sites for hydroxylation is 1. The van der Waals surface area contributed by atoms with Gasteiger partial charge in [0.25, 0.3) is 0 Å². The lowest BCUT2D eigenvalue weighted by molar-refractivity contribution is 0.0660. The summed E-state index contributed by atoms with van der Waals surface area (Å²) in [5, 5.41) is 10.2. The van der Waals surface area contributed by atoms with Crippen LogP contribution in [0.25, 0.3) is 17.0 Å². The van der Waals surface area contributed by atoms with Crippen molar-refractivity contribution < 1.29 is 23.5 Å². The highest BCUT2D eigenvalue weighted by Crippen LogP contribution is 2.33. The number of benzene rings is 1. The second kappa shape index (κ2) is 6.41. The van der Waals surface area contributed by atoms with Crippen molar-refractivity contribution in [3.05, 3.63) is 58.7 Å². The second-order valence-electron chi connectivity index (χ2n) is 6.79. The van der Waals surface area contributed by atoms with Crippen LogP contribution < -0.4 is 4.74 Å². The molecule has 0 radical (unpaired) electrons. The Morgan fingerprint density at radius 3 is 2.88 bits per heavy atom. The second-order valence-corrected chi connectivity index (χ2v) is 6.79. The average Bonchev–Trinajstić information content (AvgIpc) is 3.21. The highest BCUT2D eigenvalue weighted by atomic mass is 16.5. The van der Waals surface area contributed by atoms with E-state index in [2.05, 4.69) is 12.2 Å². The van der Waals surface area contributed by atoms with E-state index in [1.165, 1.54) is 6.07 Å². The molecule has 0 bridgehead atoms. The summed E-state index contributed by atoms with van der Waals surface area (Å²) in [6, 6.07) is 7.33. The van der Waals surface area contributed by atoms with Crippen molar-refractivity contribution in [1.29, 1.82) is 0 Å². The number of hydrogen-bond donors (Lipinski definition) is 1. The lowest BCUT2D eigenvalue weighted by atomic mass is 10.0. The molecule has 3 aromatic rings. The molecular weight excluding hydrogens is 332 g/mol. The van der Waals surface area contributed by atoms with E-state index in [4.69, 9.17) is 18.7 Å². The lowest BCUT2D eigenvalue weighted by Crippen LogP contribution is -1.98. The van der Waals surface area contributed by atoms with Crippen molar-refractivity contribution in [2.24, 2.45) is 0 Å². The van der Waals surface area contributed by atoms with Gasteiger partial charge in [0.15, 0.2) is 0 Å². The third-order valence-corrected chi connectivity index (χ3v) is 4.57. The van der Waals surface area contributed by atoms with Gasteiger partial charge in [0.1, 0.15) is 29.5 Å². The van der Waals surface area contributed by atoms with Gasteiger partial charge in [0, 0.05) is 34.9 Å². The molecule has 5 heteroatoms. The number of ether oxygens (including phenoxy) is 1. The van der Waals surface area contributed by atoms with E-state index in [9.17, 15) is 4.79 Å². The van der Waals surface area contributed by atoms with Gasteiger partial charge < -0.3 is 18.7 Å². The molecule has 5 nitrogen and oxygen atoms in total. The zero-order chi connectivity index (χ0) is 18.3. The highest BCUT2D eigenvalue weighted by Gasteiger charge is 2.19. The molecule has 4 rings (SSSR count). The third kappa shape index (κ3) is 2.90. The number of aromatic carboxylic acids is 1. The van der Waals surface area contributed by atoms with E-state index < -0.39 is 5.97 Å². The van der Waals surface area contributed by atoms with Gasteiger partial charge in [-0.15, -0.1) is 0 Å². The van der Waals surface area contributed by atoms with Crippen LogP contribution in [0.1, 0.15) is 59.4 Å². The molecule has 2 heterocycles. The number of carboxylic acids is 1. The van der Waals surface area contributed by atoms with Crippen LogP contribution in [-0.4, -0.2) is 11.1 Å². The Morgan fingerprint density at radius 1 is 1.27 bits per heavy atom. The van der Waals surface area contributed by atoms with E-state index >= 15 is 0 Å². The summed E-state index contributed by atoms with van der Waals surface area (Å²) in [6.07, 6.45) is 6.19. The summed E-state index contributed by atoms with van der Waals surface area (Å²) < 4.78 is 17.3. The Balaban J connectivity index is 1.58. The van der Waals surface area contributed by atoms with Crippen LogP contribution >= 0.6 is 0 Å². The summed E-state index contributed by atoms with van der Waals surface area (Å²) in [5.41, 5.74) is 2.71. The van der Waals surface area contributed by atoms with E-state index in [-0.39, 0.29) is 18.3 Å². The summed E-state index contributed by atoms with van der Waals surface area (Å²) >= 11 is 0. The predicted molar refractivity (Wildman–Crippen MR) is 97.7 cm³/mol. The molecule has 0 saturated carbocycles. The third-order valence-electron chi connectivity index (χ3n) is 4.57. The SMILES string of the molecule is CC(C)c1oc(C(=O)O)cc1COc1ccc2c3c(oc2c1)CCC=C3. The van der Waals surface area contributed by atoms with Crippen molar-refractivity contribution >= 4 is 23.0 Å². The molecule has 0 saturated heterocycles. The van der Waals surface area contributed by atoms with Crippen molar-refractivity contribution in [2.75, 3.05) is 0 Å². The molecule has 0 aliphatic heterocycles. The smallest absolute Gasteiger partial charge is 0.371 e. The maximum Gasteiger partial charge on any atom is 0.371 e. The normalized spacial score (nSPS) is 13.3. The van der Waals surface area contributed by atoms with Crippen molar-refractivity contribution in [3.8, 4) is 5.75 Å². The maximum absolute atomic E-state index is 11.2. The minimum atomic E-state index is -1.08. The molecule has 0 amide bonds. The van der Waals surface area contributed by atoms with Crippen LogP contribution in [0.3, 0.4) is 0 Å². The number of carboxylic acid groups (broad SMARTS) is 1. The summed E-state index contributed by atoms with van der Waals surface area (Å²) in [4.78, 5) is 11.2. The number of furan rings is 2. The van der Waals surface area contributed by atoms with Crippen LogP contribution in [0.2, 0.25) is 0 Å². The van der Waals surface area contributed by atoms with Gasteiger partial charge in [-0.1, -0.05) is 26.0 Å². The van der Waals surface area contributed by atoms with Crippen LogP contribution in [0.15, 0.2) is 39.2 Å². The summed E-state index contributed by atoms with van der Waals surface area (Å²) in [5.74, 6) is 1.28.